The highest BCUT2D eigenvalue weighted by atomic mass is 32.2. The van der Waals surface area contributed by atoms with Crippen LogP contribution in [0.2, 0.25) is 0 Å². The molecule has 2 unspecified atom stereocenters. The first-order valence-electron chi connectivity index (χ1n) is 7.18. The van der Waals surface area contributed by atoms with Crippen LogP contribution in [0.3, 0.4) is 0 Å². The third kappa shape index (κ3) is 2.30. The summed E-state index contributed by atoms with van der Waals surface area (Å²) in [6, 6.07) is 5.65. The Balaban J connectivity index is 1.85. The first-order chi connectivity index (χ1) is 9.60. The molecule has 0 aromatic heterocycles. The van der Waals surface area contributed by atoms with E-state index in [9.17, 15) is 9.00 Å². The Labute approximate surface area is 122 Å². The lowest BCUT2D eigenvalue weighted by Gasteiger charge is -2.26. The summed E-state index contributed by atoms with van der Waals surface area (Å²) in [5.74, 6) is 0.965. The fourth-order valence-corrected chi connectivity index (χ4v) is 5.59. The van der Waals surface area contributed by atoms with Crippen LogP contribution in [-0.2, 0) is 10.8 Å². The van der Waals surface area contributed by atoms with Gasteiger partial charge in [0.05, 0.1) is 7.11 Å². The van der Waals surface area contributed by atoms with Gasteiger partial charge < -0.3 is 4.74 Å². The zero-order valence-corrected chi connectivity index (χ0v) is 12.7. The van der Waals surface area contributed by atoms with Gasteiger partial charge in [0.1, 0.15) is 5.75 Å². The predicted octanol–water partition coefficient (Wildman–Crippen LogP) is 2.88. The van der Waals surface area contributed by atoms with Gasteiger partial charge in [-0.3, -0.25) is 9.00 Å². The molecule has 2 atom stereocenters. The van der Waals surface area contributed by atoms with E-state index in [-0.39, 0.29) is 22.2 Å². The molecule has 3 nitrogen and oxygen atoms in total. The maximum absolute atomic E-state index is 12.8. The molecule has 1 aromatic rings. The number of ether oxygens (including phenoxy) is 1. The molecular formula is C16H20O3S. The fraction of sp³-hybridized carbons (Fsp3) is 0.562. The van der Waals surface area contributed by atoms with Gasteiger partial charge in [0.25, 0.3) is 0 Å². The molecule has 20 heavy (non-hydrogen) atoms. The lowest BCUT2D eigenvalue weighted by atomic mass is 9.88. The van der Waals surface area contributed by atoms with Crippen LogP contribution < -0.4 is 4.74 Å². The number of hydrogen-bond acceptors (Lipinski definition) is 3. The summed E-state index contributed by atoms with van der Waals surface area (Å²) in [5.41, 5.74) is 1.76. The molecule has 0 amide bonds. The second kappa shape index (κ2) is 5.32. The van der Waals surface area contributed by atoms with Gasteiger partial charge in [0.15, 0.2) is 5.78 Å². The second-order valence-corrected chi connectivity index (χ2v) is 7.85. The van der Waals surface area contributed by atoms with E-state index in [2.05, 4.69) is 0 Å². The largest absolute Gasteiger partial charge is 0.497 e. The van der Waals surface area contributed by atoms with Gasteiger partial charge in [0, 0.05) is 32.8 Å². The number of methoxy groups -OCH3 is 1. The Morgan fingerprint density at radius 3 is 2.50 bits per heavy atom. The minimum absolute atomic E-state index is 0.0380. The number of benzene rings is 1. The molecule has 2 heterocycles. The quantitative estimate of drug-likeness (QED) is 0.805. The fourth-order valence-electron chi connectivity index (χ4n) is 3.46. The molecule has 108 valence electrons. The van der Waals surface area contributed by atoms with Gasteiger partial charge in [-0.25, -0.2) is 0 Å². The van der Waals surface area contributed by atoms with Gasteiger partial charge in [-0.1, -0.05) is 6.07 Å². The van der Waals surface area contributed by atoms with Gasteiger partial charge in [-0.2, -0.15) is 0 Å². The molecule has 4 heteroatoms. The normalized spacial score (nSPS) is 32.1. The summed E-state index contributed by atoms with van der Waals surface area (Å²) in [5, 5.41) is 0.488. The standard InChI is InChI=1S/C16H20O3S/c1-10-3-4-12(19-2)9-15(10)16(17)11-7-13-5-6-14(8-11)20(13)18/h3-4,9,11,13-14H,5-8H2,1-2H3. The lowest BCUT2D eigenvalue weighted by Crippen LogP contribution is -2.32. The van der Waals surface area contributed by atoms with Crippen LogP contribution >= 0.6 is 0 Å². The predicted molar refractivity (Wildman–Crippen MR) is 79.7 cm³/mol. The van der Waals surface area contributed by atoms with Crippen molar-refractivity contribution in [2.45, 2.75) is 43.1 Å². The van der Waals surface area contributed by atoms with Crippen molar-refractivity contribution >= 4 is 16.6 Å². The van der Waals surface area contributed by atoms with Gasteiger partial charge >= 0.3 is 0 Å². The maximum Gasteiger partial charge on any atom is 0.166 e. The van der Waals surface area contributed by atoms with Crippen molar-refractivity contribution in [3.05, 3.63) is 29.3 Å². The average molecular weight is 292 g/mol. The zero-order valence-electron chi connectivity index (χ0n) is 11.9. The van der Waals surface area contributed by atoms with Gasteiger partial charge in [-0.15, -0.1) is 0 Å². The molecule has 2 saturated heterocycles. The molecule has 1 aromatic carbocycles. The Kier molecular flexibility index (Phi) is 3.67. The number of ketones is 1. The Morgan fingerprint density at radius 2 is 1.90 bits per heavy atom. The maximum atomic E-state index is 12.8. The molecule has 2 fully saturated rings. The average Bonchev–Trinajstić information content (AvgIpc) is 2.68. The van der Waals surface area contributed by atoms with E-state index in [1.165, 1.54) is 0 Å². The van der Waals surface area contributed by atoms with E-state index in [4.69, 9.17) is 4.74 Å². The highest BCUT2D eigenvalue weighted by molar-refractivity contribution is 7.86. The van der Waals surface area contributed by atoms with Crippen LogP contribution in [0.1, 0.15) is 41.6 Å². The molecule has 0 saturated carbocycles. The molecule has 0 radical (unpaired) electrons. The number of hydrogen-bond donors (Lipinski definition) is 0. The summed E-state index contributed by atoms with van der Waals surface area (Å²) < 4.78 is 17.3. The summed E-state index contributed by atoms with van der Waals surface area (Å²) >= 11 is 0. The van der Waals surface area contributed by atoms with Gasteiger partial charge in [0.2, 0.25) is 0 Å². The molecule has 0 aliphatic carbocycles. The molecular weight excluding hydrogens is 272 g/mol. The third-order valence-corrected chi connectivity index (χ3v) is 6.81. The van der Waals surface area contributed by atoms with E-state index in [0.29, 0.717) is 0 Å². The molecule has 2 aliphatic heterocycles. The molecule has 3 rings (SSSR count). The number of aryl methyl sites for hydroxylation is 1. The molecule has 0 N–H and O–H groups in total. The minimum atomic E-state index is -0.700. The number of Topliss-reactive ketones (excluding diaryl/α,β-unsaturated/α-hetero) is 1. The first kappa shape index (κ1) is 13.8. The van der Waals surface area contributed by atoms with Crippen LogP contribution in [-0.4, -0.2) is 27.6 Å². The van der Waals surface area contributed by atoms with Crippen LogP contribution in [0.25, 0.3) is 0 Å². The summed E-state index contributed by atoms with van der Waals surface area (Å²) in [6.45, 7) is 1.96. The number of fused-ring (bicyclic) bond motifs is 2. The smallest absolute Gasteiger partial charge is 0.166 e. The van der Waals surface area contributed by atoms with Crippen molar-refractivity contribution in [2.75, 3.05) is 7.11 Å². The number of rotatable bonds is 3. The summed E-state index contributed by atoms with van der Waals surface area (Å²) in [4.78, 5) is 12.8. The first-order valence-corrected chi connectivity index (χ1v) is 8.46. The monoisotopic (exact) mass is 292 g/mol. The zero-order chi connectivity index (χ0) is 14.3. The number of carbonyl (C=O) groups is 1. The van der Waals surface area contributed by atoms with Crippen molar-refractivity contribution in [1.82, 2.24) is 0 Å². The third-order valence-electron chi connectivity index (χ3n) is 4.64. The van der Waals surface area contributed by atoms with Crippen LogP contribution in [0.4, 0.5) is 0 Å². The topological polar surface area (TPSA) is 43.4 Å². The minimum Gasteiger partial charge on any atom is -0.497 e. The van der Waals surface area contributed by atoms with Crippen molar-refractivity contribution in [1.29, 1.82) is 0 Å². The Morgan fingerprint density at radius 1 is 1.25 bits per heavy atom. The van der Waals surface area contributed by atoms with E-state index in [1.54, 1.807) is 7.11 Å². The van der Waals surface area contributed by atoms with Crippen molar-refractivity contribution in [3.8, 4) is 5.75 Å². The van der Waals surface area contributed by atoms with E-state index < -0.39 is 10.8 Å². The highest BCUT2D eigenvalue weighted by Gasteiger charge is 2.43. The van der Waals surface area contributed by atoms with E-state index >= 15 is 0 Å². The van der Waals surface area contributed by atoms with E-state index in [0.717, 1.165) is 42.6 Å². The van der Waals surface area contributed by atoms with Crippen LogP contribution in [0, 0.1) is 12.8 Å². The molecule has 2 aliphatic rings. The highest BCUT2D eigenvalue weighted by Crippen LogP contribution is 2.40. The van der Waals surface area contributed by atoms with Crippen LogP contribution in [0.15, 0.2) is 18.2 Å². The number of carbonyl (C=O) groups excluding carboxylic acids is 1. The molecule has 2 bridgehead atoms. The van der Waals surface area contributed by atoms with Crippen LogP contribution in [0.5, 0.6) is 5.75 Å². The summed E-state index contributed by atoms with van der Waals surface area (Å²) in [7, 11) is 0.914. The van der Waals surface area contributed by atoms with Crippen molar-refractivity contribution in [2.24, 2.45) is 5.92 Å². The van der Waals surface area contributed by atoms with Gasteiger partial charge in [-0.05, 0) is 50.3 Å². The Bertz CT molecular complexity index is 551. The molecule has 0 spiro atoms. The van der Waals surface area contributed by atoms with E-state index in [1.807, 2.05) is 25.1 Å². The van der Waals surface area contributed by atoms with Crippen molar-refractivity contribution in [3.63, 3.8) is 0 Å². The summed E-state index contributed by atoms with van der Waals surface area (Å²) in [6.07, 6.45) is 3.63. The lowest BCUT2D eigenvalue weighted by molar-refractivity contribution is 0.0905. The Hall–Kier alpha value is -1.16. The SMILES string of the molecule is COc1ccc(C)c(C(=O)C2CC3CCC(C2)S3=O)c1. The van der Waals surface area contributed by atoms with Crippen molar-refractivity contribution < 1.29 is 13.7 Å². The second-order valence-electron chi connectivity index (χ2n) is 5.86.